The van der Waals surface area contributed by atoms with Gasteiger partial charge in [-0.25, -0.2) is 9.78 Å². The highest BCUT2D eigenvalue weighted by molar-refractivity contribution is 5.93. The number of ether oxygens (including phenoxy) is 1. The number of fused-ring (bicyclic) bond motifs is 1. The first-order valence-electron chi connectivity index (χ1n) is 10.9. The molecule has 162 valence electrons. The molecule has 0 aliphatic heterocycles. The van der Waals surface area contributed by atoms with Crippen LogP contribution in [-0.4, -0.2) is 18.1 Å². The number of methoxy groups -OCH3 is 1. The quantitative estimate of drug-likeness (QED) is 0.299. The van der Waals surface area contributed by atoms with E-state index in [4.69, 9.17) is 9.72 Å². The van der Waals surface area contributed by atoms with Crippen LogP contribution in [0, 0.1) is 0 Å². The first-order chi connectivity index (χ1) is 15.3. The minimum Gasteiger partial charge on any atom is -0.465 e. The molecule has 0 N–H and O–H groups in total. The van der Waals surface area contributed by atoms with Crippen LogP contribution < -0.4 is 4.57 Å². The van der Waals surface area contributed by atoms with Crippen LogP contribution in [0.3, 0.4) is 0 Å². The van der Waals surface area contributed by atoms with E-state index in [2.05, 4.69) is 68.7 Å². The number of rotatable bonds is 4. The zero-order chi connectivity index (χ0) is 22.9. The standard InChI is InChI=1S/C28H29N2O2/c1-6-30-18-25(29-24-9-7-8-10-26(24)30)21-15-20(16-22(17-21)27(31)32-5)19-11-13-23(14-12-19)28(2,3)4/h7-18H,6H2,1-5H3/q+1. The van der Waals surface area contributed by atoms with Crippen LogP contribution in [0.15, 0.2) is 72.9 Å². The molecule has 0 aliphatic carbocycles. The van der Waals surface area contributed by atoms with Crippen molar-refractivity contribution >= 4 is 17.0 Å². The van der Waals surface area contributed by atoms with Crippen molar-refractivity contribution in [2.45, 2.75) is 39.7 Å². The Kier molecular flexibility index (Phi) is 5.79. The Labute approximate surface area is 189 Å². The van der Waals surface area contributed by atoms with Crippen molar-refractivity contribution in [3.05, 3.63) is 84.1 Å². The summed E-state index contributed by atoms with van der Waals surface area (Å²) in [4.78, 5) is 17.3. The Balaban J connectivity index is 1.88. The third kappa shape index (κ3) is 4.26. The summed E-state index contributed by atoms with van der Waals surface area (Å²) in [5, 5.41) is 0. The second-order valence-corrected chi connectivity index (χ2v) is 9.02. The molecule has 3 aromatic carbocycles. The van der Waals surface area contributed by atoms with Gasteiger partial charge < -0.3 is 4.74 Å². The highest BCUT2D eigenvalue weighted by Gasteiger charge is 2.17. The molecule has 0 radical (unpaired) electrons. The van der Waals surface area contributed by atoms with Crippen LogP contribution in [0.25, 0.3) is 33.4 Å². The second kappa shape index (κ2) is 8.54. The lowest BCUT2D eigenvalue weighted by atomic mass is 9.86. The van der Waals surface area contributed by atoms with Crippen LogP contribution >= 0.6 is 0 Å². The third-order valence-corrected chi connectivity index (χ3v) is 5.79. The van der Waals surface area contributed by atoms with Gasteiger partial charge in [0.15, 0.2) is 6.20 Å². The van der Waals surface area contributed by atoms with Gasteiger partial charge in [0.2, 0.25) is 5.52 Å². The lowest BCUT2D eigenvalue weighted by Gasteiger charge is -2.19. The summed E-state index contributed by atoms with van der Waals surface area (Å²) in [6.45, 7) is 9.54. The Morgan fingerprint density at radius 1 is 0.938 bits per heavy atom. The van der Waals surface area contributed by atoms with Crippen molar-refractivity contribution in [1.82, 2.24) is 4.98 Å². The van der Waals surface area contributed by atoms with E-state index in [0.29, 0.717) is 5.56 Å². The summed E-state index contributed by atoms with van der Waals surface area (Å²) < 4.78 is 7.21. The molecule has 0 atom stereocenters. The van der Waals surface area contributed by atoms with Crippen molar-refractivity contribution in [3.8, 4) is 22.4 Å². The van der Waals surface area contributed by atoms with Crippen LogP contribution in [0.1, 0.15) is 43.6 Å². The maximum absolute atomic E-state index is 12.5. The van der Waals surface area contributed by atoms with Crippen molar-refractivity contribution < 1.29 is 14.1 Å². The highest BCUT2D eigenvalue weighted by atomic mass is 16.5. The van der Waals surface area contributed by atoms with Gasteiger partial charge in [-0.2, -0.15) is 4.57 Å². The monoisotopic (exact) mass is 425 g/mol. The van der Waals surface area contributed by atoms with Crippen LogP contribution in [0.5, 0.6) is 0 Å². The number of esters is 1. The van der Waals surface area contributed by atoms with Gasteiger partial charge in [-0.1, -0.05) is 57.2 Å². The van der Waals surface area contributed by atoms with Gasteiger partial charge in [-0.15, -0.1) is 0 Å². The SMILES string of the molecule is CC[n+]1cc(-c2cc(C(=O)OC)cc(-c3ccc(C(C)(C)C)cc3)c2)nc2ccccc21. The van der Waals surface area contributed by atoms with Gasteiger partial charge in [-0.05, 0) is 53.3 Å². The third-order valence-electron chi connectivity index (χ3n) is 5.79. The predicted molar refractivity (Wildman–Crippen MR) is 129 cm³/mol. The molecule has 0 saturated carbocycles. The van der Waals surface area contributed by atoms with Crippen molar-refractivity contribution in [2.24, 2.45) is 0 Å². The van der Waals surface area contributed by atoms with Crippen molar-refractivity contribution in [1.29, 1.82) is 0 Å². The van der Waals surface area contributed by atoms with Gasteiger partial charge in [0, 0.05) is 11.6 Å². The first-order valence-corrected chi connectivity index (χ1v) is 10.9. The number of carbonyl (C=O) groups is 1. The summed E-state index contributed by atoms with van der Waals surface area (Å²) in [6.07, 6.45) is 2.05. The largest absolute Gasteiger partial charge is 0.465 e. The molecule has 4 heteroatoms. The lowest BCUT2D eigenvalue weighted by molar-refractivity contribution is -0.667. The molecular weight excluding hydrogens is 396 g/mol. The summed E-state index contributed by atoms with van der Waals surface area (Å²) in [6, 6.07) is 22.5. The molecule has 1 aromatic heterocycles. The number of aromatic nitrogens is 2. The van der Waals surface area contributed by atoms with E-state index in [0.717, 1.165) is 40.0 Å². The first kappa shape index (κ1) is 21.7. The fourth-order valence-corrected chi connectivity index (χ4v) is 3.92. The number of nitrogens with zero attached hydrogens (tertiary/aromatic N) is 2. The topological polar surface area (TPSA) is 43.1 Å². The Hall–Kier alpha value is -3.53. The molecule has 32 heavy (non-hydrogen) atoms. The average molecular weight is 426 g/mol. The summed E-state index contributed by atoms with van der Waals surface area (Å²) in [5.41, 5.74) is 7.59. The summed E-state index contributed by atoms with van der Waals surface area (Å²) >= 11 is 0. The van der Waals surface area contributed by atoms with Crippen molar-refractivity contribution in [2.75, 3.05) is 7.11 Å². The molecular formula is C28H29N2O2+. The molecule has 0 aliphatic rings. The molecule has 0 bridgehead atoms. The van der Waals surface area contributed by atoms with E-state index < -0.39 is 0 Å². The van der Waals surface area contributed by atoms with Gasteiger partial charge >= 0.3 is 5.97 Å². The molecule has 4 aromatic rings. The van der Waals surface area contributed by atoms with Crippen LogP contribution in [-0.2, 0) is 16.7 Å². The molecule has 0 saturated heterocycles. The maximum Gasteiger partial charge on any atom is 0.337 e. The van der Waals surface area contributed by atoms with E-state index in [1.807, 2.05) is 36.5 Å². The molecule has 1 heterocycles. The average Bonchev–Trinajstić information content (AvgIpc) is 2.82. The maximum atomic E-state index is 12.5. The molecule has 4 nitrogen and oxygen atoms in total. The molecule has 0 amide bonds. The number of carbonyl (C=O) groups excluding carboxylic acids is 1. The number of benzene rings is 3. The van der Waals surface area contributed by atoms with E-state index >= 15 is 0 Å². The van der Waals surface area contributed by atoms with Gasteiger partial charge in [0.25, 0.3) is 0 Å². The van der Waals surface area contributed by atoms with Gasteiger partial charge in [-0.3, -0.25) is 0 Å². The van der Waals surface area contributed by atoms with Gasteiger partial charge in [0.05, 0.1) is 12.7 Å². The minimum absolute atomic E-state index is 0.0837. The predicted octanol–water partition coefficient (Wildman–Crippen LogP) is 5.96. The van der Waals surface area contributed by atoms with E-state index in [1.54, 1.807) is 0 Å². The summed E-state index contributed by atoms with van der Waals surface area (Å²) in [7, 11) is 1.41. The van der Waals surface area contributed by atoms with Crippen molar-refractivity contribution in [3.63, 3.8) is 0 Å². The number of para-hydroxylation sites is 2. The smallest absolute Gasteiger partial charge is 0.337 e. The van der Waals surface area contributed by atoms with E-state index in [-0.39, 0.29) is 11.4 Å². The number of hydrogen-bond donors (Lipinski definition) is 0. The fourth-order valence-electron chi connectivity index (χ4n) is 3.92. The number of hydrogen-bond acceptors (Lipinski definition) is 3. The summed E-state index contributed by atoms with van der Waals surface area (Å²) in [5.74, 6) is -0.358. The van der Waals surface area contributed by atoms with E-state index in [9.17, 15) is 4.79 Å². The molecule has 4 rings (SSSR count). The Bertz CT molecular complexity index is 1290. The zero-order valence-corrected chi connectivity index (χ0v) is 19.3. The van der Waals surface area contributed by atoms with Crippen LogP contribution in [0.2, 0.25) is 0 Å². The Morgan fingerprint density at radius 2 is 1.62 bits per heavy atom. The minimum atomic E-state index is -0.358. The normalized spacial score (nSPS) is 11.5. The number of aryl methyl sites for hydroxylation is 1. The Morgan fingerprint density at radius 3 is 2.28 bits per heavy atom. The fraction of sp³-hybridized carbons (Fsp3) is 0.250. The zero-order valence-electron chi connectivity index (χ0n) is 19.3. The van der Waals surface area contributed by atoms with Crippen LogP contribution in [0.4, 0.5) is 0 Å². The lowest BCUT2D eigenvalue weighted by Crippen LogP contribution is -2.33. The van der Waals surface area contributed by atoms with E-state index in [1.165, 1.54) is 12.7 Å². The highest BCUT2D eigenvalue weighted by Crippen LogP contribution is 2.30. The molecule has 0 spiro atoms. The molecule has 0 fully saturated rings. The second-order valence-electron chi connectivity index (χ2n) is 9.02. The molecule has 0 unspecified atom stereocenters. The van der Waals surface area contributed by atoms with Gasteiger partial charge in [0.1, 0.15) is 17.8 Å².